The van der Waals surface area contributed by atoms with Gasteiger partial charge in [-0.3, -0.25) is 0 Å². The maximum Gasteiger partial charge on any atom is 0.0431 e. The van der Waals surface area contributed by atoms with Crippen LogP contribution in [0.3, 0.4) is 0 Å². The van der Waals surface area contributed by atoms with Crippen LogP contribution in [-0.4, -0.2) is 0 Å². The van der Waals surface area contributed by atoms with Crippen molar-refractivity contribution in [1.82, 2.24) is 0 Å². The molecule has 0 fully saturated rings. The lowest BCUT2D eigenvalue weighted by Crippen LogP contribution is -2.12. The van der Waals surface area contributed by atoms with Gasteiger partial charge in [0, 0.05) is 55.7 Å². The zero-order chi connectivity index (χ0) is 52.1. The highest BCUT2D eigenvalue weighted by Crippen LogP contribution is 2.49. The average molecular weight is 953 g/mol. The Kier molecular flexibility index (Phi) is 16.7. The van der Waals surface area contributed by atoms with Crippen LogP contribution in [0.25, 0.3) is 16.7 Å². The lowest BCUT2D eigenvalue weighted by Gasteiger charge is -2.29. The summed E-state index contributed by atoms with van der Waals surface area (Å²) in [6, 6.07) is 52.2. The summed E-state index contributed by atoms with van der Waals surface area (Å²) in [5.41, 5.74) is 24.5. The van der Waals surface area contributed by atoms with Crippen LogP contribution in [0, 0.1) is 77.1 Å². The number of rotatable bonds is 9. The zero-order valence-corrected chi connectivity index (χ0v) is 44.3. The number of aryl methyl sites for hydroxylation is 6. The number of hydrogen-bond acceptors (Lipinski definition) is 0. The molecular formula is C74H64. The van der Waals surface area contributed by atoms with Gasteiger partial charge in [-0.15, -0.1) is 0 Å². The lowest BCUT2D eigenvalue weighted by atomic mass is 9.73. The number of hydrogen-bond donors (Lipinski definition) is 0. The molecular weight excluding hydrogens is 889 g/mol. The van der Waals surface area contributed by atoms with Gasteiger partial charge >= 0.3 is 0 Å². The Morgan fingerprint density at radius 3 is 1.26 bits per heavy atom. The summed E-state index contributed by atoms with van der Waals surface area (Å²) < 4.78 is 0. The minimum Gasteiger partial charge on any atom is -0.0988 e. The molecule has 0 radical (unpaired) electrons. The first-order chi connectivity index (χ1) is 35.8. The van der Waals surface area contributed by atoms with Gasteiger partial charge in [0.05, 0.1) is 0 Å². The lowest BCUT2D eigenvalue weighted by molar-refractivity contribution is 1.21. The van der Waals surface area contributed by atoms with Gasteiger partial charge in [0.25, 0.3) is 0 Å². The van der Waals surface area contributed by atoms with Crippen molar-refractivity contribution in [2.24, 2.45) is 0 Å². The topological polar surface area (TPSA) is 0 Å². The summed E-state index contributed by atoms with van der Waals surface area (Å²) >= 11 is 0. The molecule has 0 heterocycles. The molecule has 0 heteroatoms. The molecule has 0 N–H and O–H groups in total. The normalized spacial score (nSPS) is 13.9. The van der Waals surface area contributed by atoms with Crippen LogP contribution in [0.1, 0.15) is 93.5 Å². The van der Waals surface area contributed by atoms with Crippen molar-refractivity contribution in [1.29, 1.82) is 0 Å². The minimum atomic E-state index is 0.476. The molecule has 6 aromatic carbocycles. The van der Waals surface area contributed by atoms with Crippen LogP contribution in [-0.2, 0) is 0 Å². The molecule has 2 aliphatic carbocycles. The van der Waals surface area contributed by atoms with Crippen LogP contribution in [0.4, 0.5) is 0 Å². The number of allylic oxidation sites excluding steroid dienone is 20. The second-order valence-electron chi connectivity index (χ2n) is 19.5. The standard InChI is InChI=1S/C74H64/c1-11-51(2)14-12-16-59(10)50-70-73(65-43-27-57(8)28-44-65)68(48-38-61-33-20-54(5)21-34-61)71(63-17-13-15-52(3)24-40-63)67(47-37-60-31-18-53(4)19-32-60)72(64-41-25-56(7)26-42-64)69(49-39-62-35-22-55(6)23-36-62)74(70)66-45-29-58(9)30-46-66/h11-12,14-36,40-46H,1,10,13,50H2,2-9H3/b16-12+,51-14-,71-67?,71-68?,72-67?,72-69?,73-68?,73-70?,74-69?,74-70?. The van der Waals surface area contributed by atoms with E-state index in [1.807, 2.05) is 6.08 Å². The van der Waals surface area contributed by atoms with Gasteiger partial charge < -0.3 is 0 Å². The van der Waals surface area contributed by atoms with Crippen molar-refractivity contribution in [3.63, 3.8) is 0 Å². The Balaban J connectivity index is 1.71. The third-order valence-corrected chi connectivity index (χ3v) is 13.3. The highest BCUT2D eigenvalue weighted by Gasteiger charge is 2.32. The molecule has 0 unspecified atom stereocenters. The van der Waals surface area contributed by atoms with Gasteiger partial charge in [0.15, 0.2) is 0 Å². The Hall–Kier alpha value is -8.86. The van der Waals surface area contributed by atoms with Gasteiger partial charge in [-0.2, -0.15) is 0 Å². The molecule has 8 rings (SSSR count). The smallest absolute Gasteiger partial charge is 0.0431 e. The summed E-state index contributed by atoms with van der Waals surface area (Å²) in [5, 5.41) is 0. The average Bonchev–Trinajstić information content (AvgIpc) is 3.62. The van der Waals surface area contributed by atoms with Crippen molar-refractivity contribution in [3.05, 3.63) is 324 Å². The van der Waals surface area contributed by atoms with E-state index in [-0.39, 0.29) is 0 Å². The van der Waals surface area contributed by atoms with E-state index in [1.54, 1.807) is 0 Å². The maximum absolute atomic E-state index is 4.81. The molecule has 0 saturated carbocycles. The van der Waals surface area contributed by atoms with Gasteiger partial charge in [-0.05, 0) is 132 Å². The predicted octanol–water partition coefficient (Wildman–Crippen LogP) is 18.1. The summed E-state index contributed by atoms with van der Waals surface area (Å²) in [4.78, 5) is 0. The largest absolute Gasteiger partial charge is 0.0988 e. The van der Waals surface area contributed by atoms with Crippen LogP contribution in [0.15, 0.2) is 258 Å². The fourth-order valence-electron chi connectivity index (χ4n) is 8.90. The summed E-state index contributed by atoms with van der Waals surface area (Å²) in [5.74, 6) is 23.0. The van der Waals surface area contributed by atoms with Crippen molar-refractivity contribution in [2.45, 2.75) is 68.2 Å². The zero-order valence-electron chi connectivity index (χ0n) is 44.3. The Morgan fingerprint density at radius 1 is 0.446 bits per heavy atom. The Bertz CT molecular complexity index is 3610. The maximum atomic E-state index is 4.81. The molecule has 0 saturated heterocycles. The second-order valence-corrected chi connectivity index (χ2v) is 19.5. The van der Waals surface area contributed by atoms with E-state index < -0.39 is 0 Å². The van der Waals surface area contributed by atoms with Crippen molar-refractivity contribution in [3.8, 4) is 35.5 Å². The summed E-state index contributed by atoms with van der Waals surface area (Å²) in [7, 11) is 0. The molecule has 2 aliphatic rings. The van der Waals surface area contributed by atoms with E-state index in [2.05, 4.69) is 286 Å². The first-order valence-electron chi connectivity index (χ1n) is 25.5. The van der Waals surface area contributed by atoms with Gasteiger partial charge in [-0.25, -0.2) is 0 Å². The van der Waals surface area contributed by atoms with Crippen molar-refractivity contribution < 1.29 is 0 Å². The van der Waals surface area contributed by atoms with E-state index in [0.29, 0.717) is 6.42 Å². The fraction of sp³-hybridized carbons (Fsp3) is 0.135. The first kappa shape index (κ1) is 51.5. The van der Waals surface area contributed by atoms with Crippen molar-refractivity contribution >= 4 is 16.7 Å². The van der Waals surface area contributed by atoms with E-state index in [9.17, 15) is 0 Å². The van der Waals surface area contributed by atoms with Crippen LogP contribution < -0.4 is 0 Å². The fourth-order valence-corrected chi connectivity index (χ4v) is 8.90. The third kappa shape index (κ3) is 13.0. The molecule has 0 aromatic heterocycles. The molecule has 0 spiro atoms. The summed E-state index contributed by atoms with van der Waals surface area (Å²) in [6.45, 7) is 25.8. The summed E-state index contributed by atoms with van der Waals surface area (Å²) in [6.07, 6.45) is 18.5. The second kappa shape index (κ2) is 24.0. The molecule has 0 amide bonds. The van der Waals surface area contributed by atoms with E-state index in [0.717, 1.165) is 118 Å². The molecule has 0 nitrogen and oxygen atoms in total. The van der Waals surface area contributed by atoms with Crippen LogP contribution in [0.5, 0.6) is 0 Å². The van der Waals surface area contributed by atoms with E-state index in [4.69, 9.17) is 6.58 Å². The predicted molar refractivity (Wildman–Crippen MR) is 318 cm³/mol. The third-order valence-electron chi connectivity index (χ3n) is 13.3. The molecule has 6 aromatic rings. The molecule has 0 bridgehead atoms. The van der Waals surface area contributed by atoms with Crippen LogP contribution >= 0.6 is 0 Å². The number of benzene rings is 6. The Morgan fingerprint density at radius 2 is 0.824 bits per heavy atom. The van der Waals surface area contributed by atoms with Gasteiger partial charge in [0.2, 0.25) is 0 Å². The molecule has 0 aliphatic heterocycles. The van der Waals surface area contributed by atoms with Crippen molar-refractivity contribution in [2.75, 3.05) is 0 Å². The quantitative estimate of drug-likeness (QED) is 0.100. The molecule has 74 heavy (non-hydrogen) atoms. The first-order valence-corrected chi connectivity index (χ1v) is 25.5. The monoisotopic (exact) mass is 953 g/mol. The Labute approximate surface area is 442 Å². The van der Waals surface area contributed by atoms with Gasteiger partial charge in [-0.1, -0.05) is 257 Å². The van der Waals surface area contributed by atoms with Gasteiger partial charge in [0.1, 0.15) is 0 Å². The van der Waals surface area contributed by atoms with E-state index >= 15 is 0 Å². The minimum absolute atomic E-state index is 0.476. The highest BCUT2D eigenvalue weighted by molar-refractivity contribution is 6.09. The van der Waals surface area contributed by atoms with E-state index in [1.165, 1.54) is 22.3 Å². The van der Waals surface area contributed by atoms with Crippen LogP contribution in [0.2, 0.25) is 0 Å². The molecule has 360 valence electrons. The SMILES string of the molecule is C=C/C(C)=C\C=C\C(=C)CC1=C(c2ccc(C)cc2)C(C#Cc2ccc(C)cc2)=C(C2=CCC=C(C)C=C2)C(C#Cc2ccc(C)cc2)=C(c2ccc(C)cc2)C(C#Cc2ccc(C)cc2)=C1c1ccc(C)cc1. The molecule has 0 atom stereocenters. The highest BCUT2D eigenvalue weighted by atomic mass is 14.3.